The van der Waals surface area contributed by atoms with Crippen LogP contribution in [0.15, 0.2) is 54.6 Å². The molecule has 0 bridgehead atoms. The maximum atomic E-state index is 13.0. The first-order valence-corrected chi connectivity index (χ1v) is 10.8. The molecule has 1 N–H and O–H groups in total. The van der Waals surface area contributed by atoms with E-state index < -0.39 is 0 Å². The van der Waals surface area contributed by atoms with Crippen molar-refractivity contribution in [1.29, 1.82) is 0 Å². The highest BCUT2D eigenvalue weighted by Gasteiger charge is 2.21. The van der Waals surface area contributed by atoms with Crippen molar-refractivity contribution < 1.29 is 9.59 Å². The summed E-state index contributed by atoms with van der Waals surface area (Å²) in [6, 6.07) is 17.5. The van der Waals surface area contributed by atoms with Crippen molar-refractivity contribution >= 4 is 39.1 Å². The van der Waals surface area contributed by atoms with Gasteiger partial charge in [0.05, 0.1) is 22.8 Å². The lowest BCUT2D eigenvalue weighted by molar-refractivity contribution is -0.116. The van der Waals surface area contributed by atoms with Crippen LogP contribution in [0.3, 0.4) is 0 Å². The molecule has 2 amide bonds. The number of aryl methyl sites for hydroxylation is 2. The number of benzene rings is 2. The van der Waals surface area contributed by atoms with Crippen molar-refractivity contribution in [2.45, 2.75) is 20.8 Å². The van der Waals surface area contributed by atoms with Gasteiger partial charge in [-0.3, -0.25) is 9.59 Å². The predicted molar refractivity (Wildman–Crippen MR) is 125 cm³/mol. The van der Waals surface area contributed by atoms with Gasteiger partial charge in [0.1, 0.15) is 4.83 Å². The zero-order chi connectivity index (χ0) is 22.1. The Hall–Kier alpha value is -3.45. The highest BCUT2D eigenvalue weighted by molar-refractivity contribution is 7.20. The molecule has 7 heteroatoms. The molecule has 0 aliphatic carbocycles. The fraction of sp³-hybridized carbons (Fsp3) is 0.208. The number of fused-ring (bicyclic) bond motifs is 1. The average molecular weight is 433 g/mol. The standard InChI is InChI=1S/C24H24N4O2S/c1-15-9-8-12-20(16(15)2)25-22(29)14-27(4)23(30)21-13-19-17(3)26-28(24(19)31-21)18-10-6-5-7-11-18/h5-13H,14H2,1-4H3,(H,25,29). The lowest BCUT2D eigenvalue weighted by Crippen LogP contribution is -2.34. The van der Waals surface area contributed by atoms with Crippen LogP contribution in [0.1, 0.15) is 26.5 Å². The maximum absolute atomic E-state index is 13.0. The summed E-state index contributed by atoms with van der Waals surface area (Å²) in [5.74, 6) is -0.409. The predicted octanol–water partition coefficient (Wildman–Crippen LogP) is 4.72. The summed E-state index contributed by atoms with van der Waals surface area (Å²) in [6.07, 6.45) is 0. The zero-order valence-corrected chi connectivity index (χ0v) is 18.8. The number of carbonyl (C=O) groups excluding carboxylic acids is 2. The van der Waals surface area contributed by atoms with Crippen molar-refractivity contribution in [3.05, 3.63) is 76.3 Å². The molecule has 0 saturated heterocycles. The Bertz CT molecular complexity index is 1270. The highest BCUT2D eigenvalue weighted by Crippen LogP contribution is 2.31. The summed E-state index contributed by atoms with van der Waals surface area (Å²) in [5, 5.41) is 8.47. The number of likely N-dealkylation sites (N-methyl/N-ethyl adjacent to an activating group) is 1. The van der Waals surface area contributed by atoms with Gasteiger partial charge in [-0.25, -0.2) is 4.68 Å². The molecule has 0 radical (unpaired) electrons. The normalized spacial score (nSPS) is 11.0. The quantitative estimate of drug-likeness (QED) is 0.496. The first-order valence-electron chi connectivity index (χ1n) is 10.0. The molecule has 6 nitrogen and oxygen atoms in total. The molecule has 158 valence electrons. The van der Waals surface area contributed by atoms with Gasteiger partial charge in [0.15, 0.2) is 0 Å². The van der Waals surface area contributed by atoms with E-state index in [0.29, 0.717) is 4.88 Å². The van der Waals surface area contributed by atoms with Crippen LogP contribution in [0, 0.1) is 20.8 Å². The largest absolute Gasteiger partial charge is 0.332 e. The van der Waals surface area contributed by atoms with Gasteiger partial charge in [0, 0.05) is 18.1 Å². The van der Waals surface area contributed by atoms with Crippen LogP contribution in [0.4, 0.5) is 5.69 Å². The summed E-state index contributed by atoms with van der Waals surface area (Å²) >= 11 is 1.39. The van der Waals surface area contributed by atoms with Gasteiger partial charge in [0.25, 0.3) is 5.91 Å². The molecule has 2 heterocycles. The number of nitrogens with one attached hydrogen (secondary N) is 1. The summed E-state index contributed by atoms with van der Waals surface area (Å²) < 4.78 is 1.86. The van der Waals surface area contributed by atoms with E-state index in [4.69, 9.17) is 0 Å². The number of carbonyl (C=O) groups is 2. The summed E-state index contributed by atoms with van der Waals surface area (Å²) in [5.41, 5.74) is 4.71. The second kappa shape index (κ2) is 8.35. The third-order valence-corrected chi connectivity index (χ3v) is 6.46. The minimum absolute atomic E-state index is 0.0236. The van der Waals surface area contributed by atoms with Crippen molar-refractivity contribution in [2.75, 3.05) is 18.9 Å². The Morgan fingerprint density at radius 1 is 1.06 bits per heavy atom. The third-order valence-electron chi connectivity index (χ3n) is 5.36. The Morgan fingerprint density at radius 3 is 2.55 bits per heavy atom. The van der Waals surface area contributed by atoms with E-state index in [9.17, 15) is 9.59 Å². The SMILES string of the molecule is Cc1cccc(NC(=O)CN(C)C(=O)c2cc3c(C)nn(-c4ccccc4)c3s2)c1C. The summed E-state index contributed by atoms with van der Waals surface area (Å²) in [7, 11) is 1.64. The summed E-state index contributed by atoms with van der Waals surface area (Å²) in [4.78, 5) is 28.5. The van der Waals surface area contributed by atoms with Crippen LogP contribution in [-0.2, 0) is 4.79 Å². The third kappa shape index (κ3) is 4.09. The molecule has 4 aromatic rings. The molecule has 0 spiro atoms. The second-order valence-corrected chi connectivity index (χ2v) is 8.65. The van der Waals surface area contributed by atoms with Crippen molar-refractivity contribution in [2.24, 2.45) is 0 Å². The van der Waals surface area contributed by atoms with Crippen LogP contribution in [0.25, 0.3) is 15.9 Å². The minimum Gasteiger partial charge on any atom is -0.332 e. The highest BCUT2D eigenvalue weighted by atomic mass is 32.1. The number of hydrogen-bond donors (Lipinski definition) is 1. The maximum Gasteiger partial charge on any atom is 0.264 e. The molecule has 4 rings (SSSR count). The smallest absolute Gasteiger partial charge is 0.264 e. The first-order chi connectivity index (χ1) is 14.8. The minimum atomic E-state index is -0.225. The van der Waals surface area contributed by atoms with Crippen LogP contribution < -0.4 is 5.32 Å². The number of amides is 2. The van der Waals surface area contributed by atoms with Gasteiger partial charge >= 0.3 is 0 Å². The summed E-state index contributed by atoms with van der Waals surface area (Å²) in [6.45, 7) is 5.88. The number of nitrogens with zero attached hydrogens (tertiary/aromatic N) is 3. The number of hydrogen-bond acceptors (Lipinski definition) is 4. The molecule has 0 aliphatic heterocycles. The Balaban J connectivity index is 1.52. The molecule has 0 aliphatic rings. The second-order valence-electron chi connectivity index (χ2n) is 7.62. The first kappa shape index (κ1) is 20.8. The van der Waals surface area contributed by atoms with E-state index in [2.05, 4.69) is 10.4 Å². The van der Waals surface area contributed by atoms with E-state index >= 15 is 0 Å². The van der Waals surface area contributed by atoms with Gasteiger partial charge in [-0.05, 0) is 56.2 Å². The molecule has 0 fully saturated rings. The topological polar surface area (TPSA) is 67.2 Å². The van der Waals surface area contributed by atoms with Crippen molar-refractivity contribution in [3.8, 4) is 5.69 Å². The molecule has 0 saturated carbocycles. The molecular weight excluding hydrogens is 408 g/mol. The average Bonchev–Trinajstić information content (AvgIpc) is 3.32. The molecule has 0 unspecified atom stereocenters. The number of aromatic nitrogens is 2. The molecule has 2 aromatic carbocycles. The van der Waals surface area contributed by atoms with E-state index in [1.54, 1.807) is 7.05 Å². The Morgan fingerprint density at radius 2 is 1.81 bits per heavy atom. The van der Waals surface area contributed by atoms with Crippen LogP contribution in [-0.4, -0.2) is 40.1 Å². The number of para-hydroxylation sites is 1. The van der Waals surface area contributed by atoms with Gasteiger partial charge in [0.2, 0.25) is 5.91 Å². The molecular formula is C24H24N4O2S. The lowest BCUT2D eigenvalue weighted by atomic mass is 10.1. The molecule has 2 aromatic heterocycles. The lowest BCUT2D eigenvalue weighted by Gasteiger charge is -2.17. The fourth-order valence-electron chi connectivity index (χ4n) is 3.45. The number of anilines is 1. The van der Waals surface area contributed by atoms with Crippen molar-refractivity contribution in [1.82, 2.24) is 14.7 Å². The van der Waals surface area contributed by atoms with Gasteiger partial charge < -0.3 is 10.2 Å². The monoisotopic (exact) mass is 432 g/mol. The van der Waals surface area contributed by atoms with E-state index in [0.717, 1.165) is 38.4 Å². The van der Waals surface area contributed by atoms with Crippen molar-refractivity contribution in [3.63, 3.8) is 0 Å². The van der Waals surface area contributed by atoms with Crippen LogP contribution in [0.5, 0.6) is 0 Å². The van der Waals surface area contributed by atoms with Crippen LogP contribution >= 0.6 is 11.3 Å². The van der Waals surface area contributed by atoms with Gasteiger partial charge in [-0.1, -0.05) is 30.3 Å². The zero-order valence-electron chi connectivity index (χ0n) is 18.0. The number of rotatable bonds is 5. The molecule has 0 atom stereocenters. The molecule has 31 heavy (non-hydrogen) atoms. The van der Waals surface area contributed by atoms with E-state index in [1.807, 2.05) is 80.1 Å². The van der Waals surface area contributed by atoms with E-state index in [-0.39, 0.29) is 18.4 Å². The fourth-order valence-corrected chi connectivity index (χ4v) is 4.63. The Kier molecular flexibility index (Phi) is 5.61. The van der Waals surface area contributed by atoms with E-state index in [1.165, 1.54) is 16.2 Å². The van der Waals surface area contributed by atoms with Gasteiger partial charge in [-0.2, -0.15) is 5.10 Å². The Labute approximate surface area is 185 Å². The van der Waals surface area contributed by atoms with Gasteiger partial charge in [-0.15, -0.1) is 11.3 Å². The van der Waals surface area contributed by atoms with Crippen LogP contribution in [0.2, 0.25) is 0 Å². The number of thiophene rings is 1.